The van der Waals surface area contributed by atoms with Crippen LogP contribution in [0.1, 0.15) is 16.8 Å². The number of thiophene rings is 1. The van der Waals surface area contributed by atoms with Crippen molar-refractivity contribution in [3.63, 3.8) is 0 Å². The molecule has 0 spiro atoms. The van der Waals surface area contributed by atoms with E-state index in [4.69, 9.17) is 11.6 Å². The smallest absolute Gasteiger partial charge is 0.241 e. The van der Waals surface area contributed by atoms with Gasteiger partial charge in [-0.05, 0) is 58.3 Å². The van der Waals surface area contributed by atoms with Gasteiger partial charge in [-0.25, -0.2) is 8.78 Å². The van der Waals surface area contributed by atoms with Crippen molar-refractivity contribution in [2.75, 3.05) is 41.0 Å². The highest BCUT2D eigenvalue weighted by Gasteiger charge is 2.36. The first kappa shape index (κ1) is 29.1. The van der Waals surface area contributed by atoms with Crippen LogP contribution in [0, 0.1) is 11.6 Å². The van der Waals surface area contributed by atoms with Crippen molar-refractivity contribution in [2.24, 2.45) is 0 Å². The van der Waals surface area contributed by atoms with E-state index in [1.54, 1.807) is 23.6 Å². The molecule has 35 heavy (non-hydrogen) atoms. The summed E-state index contributed by atoms with van der Waals surface area (Å²) < 4.78 is 40.3. The van der Waals surface area contributed by atoms with Crippen molar-refractivity contribution in [1.82, 2.24) is 5.32 Å². The standard InChI is InChI=1S/C19H15ClF2NO3PS.C5H13NO/c1-27(25,26)18(14-10-28-17-5-3-12(20)9-13(14)17)19(24)23-7-6-11-2-4-15(21)16(22)8-11;1-6(2,3)4-5-7/h2-10,18H,1H3,(H,23,24)(H,25,26);4-5H2,1-3H3/b7-6+;. The van der Waals surface area contributed by atoms with Crippen molar-refractivity contribution in [2.45, 2.75) is 5.66 Å². The zero-order valence-corrected chi connectivity index (χ0v) is 22.3. The number of halogens is 3. The average Bonchev–Trinajstić information content (AvgIpc) is 3.12. The lowest BCUT2D eigenvalue weighted by Crippen LogP contribution is -2.39. The second-order valence-electron chi connectivity index (χ2n) is 8.91. The summed E-state index contributed by atoms with van der Waals surface area (Å²) in [4.78, 5) is 22.9. The minimum absolute atomic E-state index is 0.0312. The Morgan fingerprint density at radius 2 is 1.91 bits per heavy atom. The molecule has 0 saturated carbocycles. The number of amides is 1. The van der Waals surface area contributed by atoms with E-state index in [1.807, 2.05) is 21.1 Å². The number of nitrogens with zero attached hydrogens (tertiary/aromatic N) is 1. The second-order valence-corrected chi connectivity index (χ2v) is 12.7. The minimum atomic E-state index is -3.86. The number of hydrogen-bond donors (Lipinski definition) is 2. The molecular formula is C24H28ClF2N2O4PS. The van der Waals surface area contributed by atoms with Crippen molar-refractivity contribution < 1.29 is 32.6 Å². The van der Waals surface area contributed by atoms with Crippen LogP contribution in [-0.4, -0.2) is 56.2 Å². The van der Waals surface area contributed by atoms with Gasteiger partial charge < -0.3 is 19.8 Å². The lowest BCUT2D eigenvalue weighted by molar-refractivity contribution is -0.875. The van der Waals surface area contributed by atoms with Gasteiger partial charge in [-0.1, -0.05) is 24.3 Å². The molecule has 0 aliphatic rings. The Balaban J connectivity index is 0.000000540. The van der Waals surface area contributed by atoms with Gasteiger partial charge in [-0.2, -0.15) is 0 Å². The summed E-state index contributed by atoms with van der Waals surface area (Å²) in [6, 6.07) is 8.41. The lowest BCUT2D eigenvalue weighted by Gasteiger charge is -2.25. The van der Waals surface area contributed by atoms with E-state index >= 15 is 0 Å². The average molecular weight is 545 g/mol. The van der Waals surface area contributed by atoms with Gasteiger partial charge in [0.1, 0.15) is 5.66 Å². The molecular weight excluding hydrogens is 517 g/mol. The fourth-order valence-electron chi connectivity index (χ4n) is 3.04. The fraction of sp³-hybridized carbons (Fsp3) is 0.292. The van der Waals surface area contributed by atoms with Crippen molar-refractivity contribution in [3.05, 3.63) is 75.8 Å². The Bertz CT molecular complexity index is 1250. The van der Waals surface area contributed by atoms with Gasteiger partial charge in [0.05, 0.1) is 27.7 Å². The molecule has 2 atom stereocenters. The SMILES string of the molecule is CP(=O)(O)C(C(=O)N/C=C/c1ccc(F)c(F)c1)c1csc2ccc(Cl)cc12.C[N+](C)(C)CC[O-]. The quantitative estimate of drug-likeness (QED) is 0.336. The molecule has 0 radical (unpaired) electrons. The number of benzene rings is 2. The Kier molecular flexibility index (Phi) is 10.2. The molecule has 1 aromatic heterocycles. The molecule has 2 unspecified atom stereocenters. The molecule has 2 aromatic carbocycles. The molecule has 0 aliphatic heterocycles. The summed E-state index contributed by atoms with van der Waals surface area (Å²) in [5.41, 5.74) is -0.559. The molecule has 2 N–H and O–H groups in total. The van der Waals surface area contributed by atoms with E-state index in [2.05, 4.69) is 5.32 Å². The van der Waals surface area contributed by atoms with E-state index < -0.39 is 30.6 Å². The largest absolute Gasteiger partial charge is 0.850 e. The number of carbonyl (C=O) groups excluding carboxylic acids is 1. The molecule has 11 heteroatoms. The molecule has 0 bridgehead atoms. The summed E-state index contributed by atoms with van der Waals surface area (Å²) >= 11 is 7.37. The minimum Gasteiger partial charge on any atom is -0.850 e. The molecule has 3 aromatic rings. The van der Waals surface area contributed by atoms with Gasteiger partial charge in [-0.15, -0.1) is 11.3 Å². The maximum absolute atomic E-state index is 13.2. The normalized spacial score (nSPS) is 14.3. The molecule has 0 fully saturated rings. The molecule has 0 saturated heterocycles. The number of rotatable bonds is 7. The second kappa shape index (κ2) is 12.2. The van der Waals surface area contributed by atoms with E-state index in [0.29, 0.717) is 21.5 Å². The van der Waals surface area contributed by atoms with E-state index in [0.717, 1.165) is 34.5 Å². The summed E-state index contributed by atoms with van der Waals surface area (Å²) in [5.74, 6) is -2.68. The Hall–Kier alpha value is -2.13. The van der Waals surface area contributed by atoms with Crippen LogP contribution in [0.15, 0.2) is 48.0 Å². The van der Waals surface area contributed by atoms with Gasteiger partial charge >= 0.3 is 0 Å². The molecule has 3 rings (SSSR count). The maximum Gasteiger partial charge on any atom is 0.241 e. The Morgan fingerprint density at radius 3 is 2.46 bits per heavy atom. The zero-order valence-electron chi connectivity index (χ0n) is 19.8. The van der Waals surface area contributed by atoms with Crippen LogP contribution in [0.3, 0.4) is 0 Å². The summed E-state index contributed by atoms with van der Waals surface area (Å²) in [7, 11) is 2.18. The van der Waals surface area contributed by atoms with E-state index in [-0.39, 0.29) is 6.61 Å². The van der Waals surface area contributed by atoms with E-state index in [1.165, 1.54) is 29.7 Å². The fourth-order valence-corrected chi connectivity index (χ4v) is 5.52. The molecule has 1 heterocycles. The van der Waals surface area contributed by atoms with Crippen LogP contribution < -0.4 is 10.4 Å². The van der Waals surface area contributed by atoms with Gasteiger partial charge in [-0.3, -0.25) is 9.36 Å². The first-order valence-electron chi connectivity index (χ1n) is 10.5. The molecule has 6 nitrogen and oxygen atoms in total. The first-order valence-corrected chi connectivity index (χ1v) is 13.9. The number of hydrogen-bond acceptors (Lipinski definition) is 4. The molecule has 190 valence electrons. The highest BCUT2D eigenvalue weighted by atomic mass is 35.5. The van der Waals surface area contributed by atoms with Crippen LogP contribution in [0.25, 0.3) is 16.2 Å². The van der Waals surface area contributed by atoms with Crippen LogP contribution >= 0.6 is 30.3 Å². The summed E-state index contributed by atoms with van der Waals surface area (Å²) in [5, 5.41) is 15.1. The van der Waals surface area contributed by atoms with Crippen LogP contribution in [0.2, 0.25) is 5.02 Å². The number of likely N-dealkylation sites (N-methyl/N-ethyl adjacent to an activating group) is 1. The van der Waals surface area contributed by atoms with Gasteiger partial charge in [0.25, 0.3) is 0 Å². The Labute approximate surface area is 212 Å². The van der Waals surface area contributed by atoms with E-state index in [9.17, 15) is 28.1 Å². The summed E-state index contributed by atoms with van der Waals surface area (Å²) in [6.07, 6.45) is 2.58. The maximum atomic E-state index is 13.2. The lowest BCUT2D eigenvalue weighted by atomic mass is 10.1. The summed E-state index contributed by atoms with van der Waals surface area (Å²) in [6.45, 7) is 1.87. The zero-order chi connectivity index (χ0) is 26.4. The Morgan fingerprint density at radius 1 is 1.23 bits per heavy atom. The van der Waals surface area contributed by atoms with Gasteiger partial charge in [0.15, 0.2) is 11.6 Å². The number of quaternary nitrogens is 1. The third kappa shape index (κ3) is 8.79. The predicted molar refractivity (Wildman–Crippen MR) is 137 cm³/mol. The monoisotopic (exact) mass is 544 g/mol. The third-order valence-corrected chi connectivity index (χ3v) is 7.48. The topological polar surface area (TPSA) is 89.5 Å². The number of nitrogens with one attached hydrogen (secondary N) is 1. The van der Waals surface area contributed by atoms with Crippen molar-refractivity contribution in [3.8, 4) is 0 Å². The van der Waals surface area contributed by atoms with Gasteiger partial charge in [0, 0.05) is 22.6 Å². The van der Waals surface area contributed by atoms with Crippen LogP contribution in [-0.2, 0) is 9.36 Å². The highest BCUT2D eigenvalue weighted by Crippen LogP contribution is 2.54. The molecule has 0 aliphatic carbocycles. The van der Waals surface area contributed by atoms with Crippen molar-refractivity contribution >= 4 is 52.4 Å². The first-order chi connectivity index (χ1) is 16.2. The molecule has 1 amide bonds. The van der Waals surface area contributed by atoms with Gasteiger partial charge in [0.2, 0.25) is 13.3 Å². The predicted octanol–water partition coefficient (Wildman–Crippen LogP) is 4.61. The van der Waals surface area contributed by atoms with Crippen LogP contribution in [0.4, 0.5) is 8.78 Å². The third-order valence-electron chi connectivity index (χ3n) is 4.79. The van der Waals surface area contributed by atoms with Crippen LogP contribution in [0.5, 0.6) is 0 Å². The number of fused-ring (bicyclic) bond motifs is 1. The van der Waals surface area contributed by atoms with Crippen molar-refractivity contribution in [1.29, 1.82) is 0 Å². The number of carbonyl (C=O) groups is 1. The highest BCUT2D eigenvalue weighted by molar-refractivity contribution is 7.58.